The standard InChI is InChI=1S/C11H17N3.2ClH/c12-9-10-5-4-6-11(13-10)14-7-2-1-3-8-14;;/h4-6H,1-3,7-9,12H2;2*1H. The van der Waals surface area contributed by atoms with Gasteiger partial charge in [-0.1, -0.05) is 6.07 Å². The molecule has 0 atom stereocenters. The first kappa shape index (κ1) is 15.5. The highest BCUT2D eigenvalue weighted by molar-refractivity contribution is 5.85. The van der Waals surface area contributed by atoms with Gasteiger partial charge in [-0.3, -0.25) is 0 Å². The summed E-state index contributed by atoms with van der Waals surface area (Å²) in [6.07, 6.45) is 3.93. The van der Waals surface area contributed by atoms with E-state index in [1.165, 1.54) is 19.3 Å². The van der Waals surface area contributed by atoms with Gasteiger partial charge in [-0.2, -0.15) is 0 Å². The molecule has 1 aromatic rings. The maximum absolute atomic E-state index is 5.57. The number of nitrogens with two attached hydrogens (primary N) is 1. The van der Waals surface area contributed by atoms with Crippen LogP contribution in [0.3, 0.4) is 0 Å². The van der Waals surface area contributed by atoms with Crippen molar-refractivity contribution in [2.45, 2.75) is 25.8 Å². The van der Waals surface area contributed by atoms with Gasteiger partial charge in [0.15, 0.2) is 0 Å². The smallest absolute Gasteiger partial charge is 0.128 e. The minimum atomic E-state index is 0. The lowest BCUT2D eigenvalue weighted by molar-refractivity contribution is 0.573. The second-order valence-electron chi connectivity index (χ2n) is 3.74. The number of halogens is 2. The van der Waals surface area contributed by atoms with Gasteiger partial charge < -0.3 is 10.6 Å². The zero-order valence-corrected chi connectivity index (χ0v) is 10.9. The summed E-state index contributed by atoms with van der Waals surface area (Å²) >= 11 is 0. The number of hydrogen-bond acceptors (Lipinski definition) is 3. The fraction of sp³-hybridized carbons (Fsp3) is 0.545. The largest absolute Gasteiger partial charge is 0.357 e. The Kier molecular flexibility index (Phi) is 7.47. The summed E-state index contributed by atoms with van der Waals surface area (Å²) in [5.74, 6) is 1.09. The van der Waals surface area contributed by atoms with Gasteiger partial charge in [0.05, 0.1) is 5.69 Å². The van der Waals surface area contributed by atoms with Gasteiger partial charge in [-0.15, -0.1) is 24.8 Å². The van der Waals surface area contributed by atoms with Gasteiger partial charge >= 0.3 is 0 Å². The third-order valence-corrected chi connectivity index (χ3v) is 2.68. The molecular weight excluding hydrogens is 245 g/mol. The SMILES string of the molecule is Cl.Cl.NCc1cccc(N2CCCCC2)n1. The molecule has 0 aromatic carbocycles. The topological polar surface area (TPSA) is 42.1 Å². The van der Waals surface area contributed by atoms with E-state index < -0.39 is 0 Å². The lowest BCUT2D eigenvalue weighted by atomic mass is 10.1. The molecule has 2 rings (SSSR count). The van der Waals surface area contributed by atoms with Crippen LogP contribution in [0.1, 0.15) is 25.0 Å². The molecule has 0 amide bonds. The summed E-state index contributed by atoms with van der Waals surface area (Å²) in [4.78, 5) is 6.87. The van der Waals surface area contributed by atoms with E-state index in [-0.39, 0.29) is 24.8 Å². The van der Waals surface area contributed by atoms with Crippen molar-refractivity contribution >= 4 is 30.6 Å². The molecule has 5 heteroatoms. The van der Waals surface area contributed by atoms with Crippen LogP contribution in [0.25, 0.3) is 0 Å². The first-order valence-corrected chi connectivity index (χ1v) is 5.31. The number of piperidine rings is 1. The predicted octanol–water partition coefficient (Wildman–Crippen LogP) is 2.37. The molecule has 1 fully saturated rings. The molecule has 1 aliphatic heterocycles. The maximum atomic E-state index is 5.57. The van der Waals surface area contributed by atoms with E-state index >= 15 is 0 Å². The molecule has 0 unspecified atom stereocenters. The van der Waals surface area contributed by atoms with E-state index in [1.54, 1.807) is 0 Å². The Morgan fingerprint density at radius 2 is 1.81 bits per heavy atom. The van der Waals surface area contributed by atoms with E-state index in [9.17, 15) is 0 Å². The van der Waals surface area contributed by atoms with Crippen molar-refractivity contribution in [1.29, 1.82) is 0 Å². The fourth-order valence-electron chi connectivity index (χ4n) is 1.88. The normalized spacial score (nSPS) is 14.9. The van der Waals surface area contributed by atoms with Crippen molar-refractivity contribution in [3.63, 3.8) is 0 Å². The second-order valence-corrected chi connectivity index (χ2v) is 3.74. The lowest BCUT2D eigenvalue weighted by Gasteiger charge is -2.27. The molecule has 0 saturated carbocycles. The van der Waals surface area contributed by atoms with Crippen LogP contribution in [-0.4, -0.2) is 18.1 Å². The molecule has 16 heavy (non-hydrogen) atoms. The van der Waals surface area contributed by atoms with Gasteiger partial charge in [-0.05, 0) is 31.4 Å². The van der Waals surface area contributed by atoms with E-state index in [1.807, 2.05) is 12.1 Å². The van der Waals surface area contributed by atoms with Crippen LogP contribution in [0.4, 0.5) is 5.82 Å². The van der Waals surface area contributed by atoms with Crippen LogP contribution >= 0.6 is 24.8 Å². The predicted molar refractivity (Wildman–Crippen MR) is 72.7 cm³/mol. The zero-order chi connectivity index (χ0) is 9.80. The molecule has 1 aromatic heterocycles. The van der Waals surface area contributed by atoms with Gasteiger partial charge in [-0.25, -0.2) is 4.98 Å². The monoisotopic (exact) mass is 263 g/mol. The Morgan fingerprint density at radius 3 is 2.44 bits per heavy atom. The van der Waals surface area contributed by atoms with Crippen LogP contribution in [0.5, 0.6) is 0 Å². The summed E-state index contributed by atoms with van der Waals surface area (Å²) in [7, 11) is 0. The van der Waals surface area contributed by atoms with Gasteiger partial charge in [0.25, 0.3) is 0 Å². The third kappa shape index (κ3) is 3.81. The molecule has 2 heterocycles. The molecule has 0 radical (unpaired) electrons. The molecule has 2 N–H and O–H groups in total. The summed E-state index contributed by atoms with van der Waals surface area (Å²) in [5.41, 5.74) is 6.55. The Labute approximate surface area is 109 Å². The third-order valence-electron chi connectivity index (χ3n) is 2.68. The summed E-state index contributed by atoms with van der Waals surface area (Å²) in [6, 6.07) is 6.09. The molecule has 1 saturated heterocycles. The molecule has 0 aliphatic carbocycles. The van der Waals surface area contributed by atoms with Crippen molar-refractivity contribution < 1.29 is 0 Å². The van der Waals surface area contributed by atoms with E-state index in [4.69, 9.17) is 5.73 Å². The van der Waals surface area contributed by atoms with Crippen molar-refractivity contribution in [2.24, 2.45) is 5.73 Å². The number of hydrogen-bond donors (Lipinski definition) is 1. The summed E-state index contributed by atoms with van der Waals surface area (Å²) in [5, 5.41) is 0. The second kappa shape index (κ2) is 7.71. The molecule has 92 valence electrons. The molecule has 3 nitrogen and oxygen atoms in total. The fourth-order valence-corrected chi connectivity index (χ4v) is 1.88. The van der Waals surface area contributed by atoms with Crippen LogP contribution in [0.15, 0.2) is 18.2 Å². The highest BCUT2D eigenvalue weighted by Gasteiger charge is 2.11. The van der Waals surface area contributed by atoms with Gasteiger partial charge in [0.1, 0.15) is 5.82 Å². The first-order valence-electron chi connectivity index (χ1n) is 5.31. The van der Waals surface area contributed by atoms with E-state index in [0.717, 1.165) is 24.6 Å². The van der Waals surface area contributed by atoms with Gasteiger partial charge in [0, 0.05) is 19.6 Å². The van der Waals surface area contributed by atoms with Crippen LogP contribution in [0, 0.1) is 0 Å². The molecule has 1 aliphatic rings. The van der Waals surface area contributed by atoms with Crippen LogP contribution in [-0.2, 0) is 6.54 Å². The van der Waals surface area contributed by atoms with Crippen LogP contribution in [0.2, 0.25) is 0 Å². The van der Waals surface area contributed by atoms with Gasteiger partial charge in [0.2, 0.25) is 0 Å². The Balaban J connectivity index is 0.00000112. The molecule has 0 spiro atoms. The van der Waals surface area contributed by atoms with E-state index in [2.05, 4.69) is 16.0 Å². The highest BCUT2D eigenvalue weighted by atomic mass is 35.5. The van der Waals surface area contributed by atoms with Crippen LogP contribution < -0.4 is 10.6 Å². The molecular formula is C11H19Cl2N3. The summed E-state index contributed by atoms with van der Waals surface area (Å²) < 4.78 is 0. The number of anilines is 1. The van der Waals surface area contributed by atoms with Crippen molar-refractivity contribution in [2.75, 3.05) is 18.0 Å². The highest BCUT2D eigenvalue weighted by Crippen LogP contribution is 2.17. The van der Waals surface area contributed by atoms with Crippen molar-refractivity contribution in [1.82, 2.24) is 4.98 Å². The Hall–Kier alpha value is -0.510. The van der Waals surface area contributed by atoms with Crippen molar-refractivity contribution in [3.05, 3.63) is 23.9 Å². The quantitative estimate of drug-likeness (QED) is 0.891. The number of pyridine rings is 1. The first-order chi connectivity index (χ1) is 6.90. The molecule has 0 bridgehead atoms. The Bertz CT molecular complexity index is 301. The number of aromatic nitrogens is 1. The number of nitrogens with zero attached hydrogens (tertiary/aromatic N) is 2. The minimum Gasteiger partial charge on any atom is -0.357 e. The zero-order valence-electron chi connectivity index (χ0n) is 9.26. The average molecular weight is 264 g/mol. The Morgan fingerprint density at radius 1 is 1.12 bits per heavy atom. The van der Waals surface area contributed by atoms with Crippen molar-refractivity contribution in [3.8, 4) is 0 Å². The number of rotatable bonds is 2. The maximum Gasteiger partial charge on any atom is 0.128 e. The average Bonchev–Trinajstić information content (AvgIpc) is 2.30. The lowest BCUT2D eigenvalue weighted by Crippen LogP contribution is -2.30. The summed E-state index contributed by atoms with van der Waals surface area (Å²) in [6.45, 7) is 2.81. The minimum absolute atomic E-state index is 0. The van der Waals surface area contributed by atoms with E-state index in [0.29, 0.717) is 6.54 Å².